The Bertz CT molecular complexity index is 341. The van der Waals surface area contributed by atoms with Crippen molar-refractivity contribution in [1.29, 1.82) is 0 Å². The first-order valence-electron chi connectivity index (χ1n) is 5.13. The van der Waals surface area contributed by atoms with Gasteiger partial charge < -0.3 is 5.32 Å². The summed E-state index contributed by atoms with van der Waals surface area (Å²) in [6.45, 7) is 0.998. The van der Waals surface area contributed by atoms with Crippen molar-refractivity contribution < 1.29 is 13.2 Å². The van der Waals surface area contributed by atoms with E-state index in [2.05, 4.69) is 5.32 Å². The van der Waals surface area contributed by atoms with Crippen LogP contribution in [-0.4, -0.2) is 11.9 Å². The highest BCUT2D eigenvalue weighted by Gasteiger charge is 2.30. The van der Waals surface area contributed by atoms with Gasteiger partial charge in [-0.3, -0.25) is 0 Å². The molecule has 1 fully saturated rings. The van der Waals surface area contributed by atoms with Crippen molar-refractivity contribution in [1.82, 2.24) is 5.32 Å². The van der Waals surface area contributed by atoms with Crippen molar-refractivity contribution in [2.45, 2.75) is 29.3 Å². The predicted octanol–water partition coefficient (Wildman–Crippen LogP) is 3.51. The Morgan fingerprint density at radius 3 is 2.38 bits per heavy atom. The summed E-state index contributed by atoms with van der Waals surface area (Å²) in [6.07, 6.45) is -2.03. The Kier molecular flexibility index (Phi) is 3.44. The van der Waals surface area contributed by atoms with Crippen LogP contribution in [-0.2, 0) is 6.18 Å². The molecule has 5 heteroatoms. The van der Waals surface area contributed by atoms with Gasteiger partial charge in [0.15, 0.2) is 0 Å². The summed E-state index contributed by atoms with van der Waals surface area (Å²) in [7, 11) is 0. The second kappa shape index (κ2) is 4.67. The third-order valence-electron chi connectivity index (χ3n) is 2.48. The van der Waals surface area contributed by atoms with E-state index in [4.69, 9.17) is 0 Å². The monoisotopic (exact) mass is 247 g/mol. The standard InChI is InChI=1S/C11H12F3NS/c12-11(13,14)8-3-5-9(6-4-8)16-10-2-1-7-15-10/h3-6,10,15H,1-2,7H2. The van der Waals surface area contributed by atoms with E-state index in [0.29, 0.717) is 5.37 Å². The molecule has 1 saturated heterocycles. The van der Waals surface area contributed by atoms with E-state index in [-0.39, 0.29) is 0 Å². The first kappa shape index (κ1) is 11.8. The fourth-order valence-electron chi connectivity index (χ4n) is 1.64. The summed E-state index contributed by atoms with van der Waals surface area (Å²) < 4.78 is 36.9. The van der Waals surface area contributed by atoms with Crippen LogP contribution in [0.4, 0.5) is 13.2 Å². The van der Waals surface area contributed by atoms with Gasteiger partial charge in [0, 0.05) is 4.90 Å². The van der Waals surface area contributed by atoms with Gasteiger partial charge >= 0.3 is 6.18 Å². The van der Waals surface area contributed by atoms with Gasteiger partial charge in [-0.25, -0.2) is 0 Å². The molecule has 1 nitrogen and oxygen atoms in total. The zero-order valence-electron chi connectivity index (χ0n) is 8.55. The van der Waals surface area contributed by atoms with E-state index in [1.807, 2.05) is 0 Å². The number of thioether (sulfide) groups is 1. The summed E-state index contributed by atoms with van der Waals surface area (Å²) in [6, 6.07) is 5.34. The van der Waals surface area contributed by atoms with Gasteiger partial charge in [0.25, 0.3) is 0 Å². The number of alkyl halides is 3. The Labute approximate surface area is 96.4 Å². The average Bonchev–Trinajstić information content (AvgIpc) is 2.70. The maximum absolute atomic E-state index is 12.3. The molecule has 16 heavy (non-hydrogen) atoms. The van der Waals surface area contributed by atoms with Crippen molar-refractivity contribution in [2.24, 2.45) is 0 Å². The van der Waals surface area contributed by atoms with Crippen LogP contribution < -0.4 is 5.32 Å². The third-order valence-corrected chi connectivity index (χ3v) is 3.71. The number of hydrogen-bond acceptors (Lipinski definition) is 2. The van der Waals surface area contributed by atoms with E-state index in [0.717, 1.165) is 36.4 Å². The number of nitrogens with one attached hydrogen (secondary N) is 1. The first-order valence-corrected chi connectivity index (χ1v) is 6.01. The van der Waals surface area contributed by atoms with Crippen molar-refractivity contribution in [2.75, 3.05) is 6.54 Å². The maximum atomic E-state index is 12.3. The number of hydrogen-bond donors (Lipinski definition) is 1. The zero-order chi connectivity index (χ0) is 11.6. The molecular weight excluding hydrogens is 235 g/mol. The quantitative estimate of drug-likeness (QED) is 0.858. The summed E-state index contributed by atoms with van der Waals surface area (Å²) in [5.41, 5.74) is -0.587. The van der Waals surface area contributed by atoms with E-state index >= 15 is 0 Å². The van der Waals surface area contributed by atoms with Crippen molar-refractivity contribution in [3.63, 3.8) is 0 Å². The topological polar surface area (TPSA) is 12.0 Å². The summed E-state index contributed by atoms with van der Waals surface area (Å²) in [5.74, 6) is 0. The fraction of sp³-hybridized carbons (Fsp3) is 0.455. The summed E-state index contributed by atoms with van der Waals surface area (Å²) >= 11 is 1.59. The molecule has 1 aliphatic heterocycles. The van der Waals surface area contributed by atoms with Gasteiger partial charge in [0.2, 0.25) is 0 Å². The molecule has 1 unspecified atom stereocenters. The molecule has 1 atom stereocenters. The molecule has 0 aromatic heterocycles. The van der Waals surface area contributed by atoms with Gasteiger partial charge in [0.1, 0.15) is 0 Å². The fourth-order valence-corrected chi connectivity index (χ4v) is 2.75. The molecule has 2 rings (SSSR count). The highest BCUT2D eigenvalue weighted by molar-refractivity contribution is 7.99. The molecule has 1 N–H and O–H groups in total. The number of benzene rings is 1. The predicted molar refractivity (Wildman–Crippen MR) is 58.3 cm³/mol. The van der Waals surface area contributed by atoms with Crippen LogP contribution >= 0.6 is 11.8 Å². The van der Waals surface area contributed by atoms with Crippen LogP contribution in [0.25, 0.3) is 0 Å². The zero-order valence-corrected chi connectivity index (χ0v) is 9.37. The molecule has 1 aliphatic rings. The van der Waals surface area contributed by atoms with Crippen LogP contribution in [0.3, 0.4) is 0 Å². The largest absolute Gasteiger partial charge is 0.416 e. The van der Waals surface area contributed by atoms with Crippen molar-refractivity contribution in [3.8, 4) is 0 Å². The van der Waals surface area contributed by atoms with Crippen LogP contribution in [0.1, 0.15) is 18.4 Å². The van der Waals surface area contributed by atoms with Crippen molar-refractivity contribution >= 4 is 11.8 Å². The Morgan fingerprint density at radius 2 is 1.88 bits per heavy atom. The smallest absolute Gasteiger partial charge is 0.305 e. The normalized spacial score (nSPS) is 21.3. The van der Waals surface area contributed by atoms with Gasteiger partial charge in [-0.15, -0.1) is 11.8 Å². The molecule has 0 radical (unpaired) electrons. The molecule has 1 aromatic carbocycles. The molecule has 0 bridgehead atoms. The SMILES string of the molecule is FC(F)(F)c1ccc(SC2CCCN2)cc1. The van der Waals surface area contributed by atoms with Crippen LogP contribution in [0, 0.1) is 0 Å². The average molecular weight is 247 g/mol. The second-order valence-electron chi connectivity index (χ2n) is 3.72. The Hall–Kier alpha value is -0.680. The highest BCUT2D eigenvalue weighted by atomic mass is 32.2. The lowest BCUT2D eigenvalue weighted by Gasteiger charge is -2.11. The Balaban J connectivity index is 2.01. The molecule has 88 valence electrons. The lowest BCUT2D eigenvalue weighted by molar-refractivity contribution is -0.137. The molecule has 0 amide bonds. The lowest BCUT2D eigenvalue weighted by atomic mass is 10.2. The minimum atomic E-state index is -4.24. The van der Waals surface area contributed by atoms with Crippen molar-refractivity contribution in [3.05, 3.63) is 29.8 Å². The molecule has 0 saturated carbocycles. The second-order valence-corrected chi connectivity index (χ2v) is 5.00. The van der Waals surface area contributed by atoms with E-state index in [1.165, 1.54) is 12.1 Å². The van der Waals surface area contributed by atoms with Gasteiger partial charge in [0.05, 0.1) is 10.9 Å². The van der Waals surface area contributed by atoms with Gasteiger partial charge in [-0.05, 0) is 43.7 Å². The maximum Gasteiger partial charge on any atom is 0.416 e. The minimum absolute atomic E-state index is 0.344. The molecule has 1 heterocycles. The number of halogens is 3. The van der Waals surface area contributed by atoms with Gasteiger partial charge in [-0.2, -0.15) is 13.2 Å². The third kappa shape index (κ3) is 2.92. The molecule has 0 aliphatic carbocycles. The number of rotatable bonds is 2. The minimum Gasteiger partial charge on any atom is -0.305 e. The molecular formula is C11H12F3NS. The highest BCUT2D eigenvalue weighted by Crippen LogP contribution is 2.32. The van der Waals surface area contributed by atoms with Gasteiger partial charge in [-0.1, -0.05) is 0 Å². The summed E-state index contributed by atoms with van der Waals surface area (Å²) in [4.78, 5) is 0.882. The van der Waals surface area contributed by atoms with Crippen LogP contribution in [0.5, 0.6) is 0 Å². The summed E-state index contributed by atoms with van der Waals surface area (Å²) in [5, 5.41) is 3.63. The molecule has 0 spiro atoms. The van der Waals surface area contributed by atoms with E-state index in [9.17, 15) is 13.2 Å². The van der Waals surface area contributed by atoms with E-state index < -0.39 is 11.7 Å². The van der Waals surface area contributed by atoms with E-state index in [1.54, 1.807) is 11.8 Å². The van der Waals surface area contributed by atoms with Crippen LogP contribution in [0.2, 0.25) is 0 Å². The Morgan fingerprint density at radius 1 is 1.19 bits per heavy atom. The first-order chi connectivity index (χ1) is 7.55. The molecule has 1 aromatic rings. The lowest BCUT2D eigenvalue weighted by Crippen LogP contribution is -2.16. The van der Waals surface area contributed by atoms with Crippen LogP contribution in [0.15, 0.2) is 29.2 Å².